The SMILES string of the molecule is C#CCN([C@H](/C=C/C1CC1)[C@@H](O)CCN=[N+]=[N-])[C@@H](Cc1ccccc1)C(=O)OC. The number of aliphatic hydroxyl groups excluding tert-OH is 1. The summed E-state index contributed by atoms with van der Waals surface area (Å²) in [5, 5.41) is 14.4. The lowest BCUT2D eigenvalue weighted by atomic mass is 9.98. The van der Waals surface area contributed by atoms with Gasteiger partial charge < -0.3 is 9.84 Å². The summed E-state index contributed by atoms with van der Waals surface area (Å²) in [5.41, 5.74) is 9.49. The van der Waals surface area contributed by atoms with Crippen LogP contribution in [-0.4, -0.2) is 54.4 Å². The Kier molecular flexibility index (Phi) is 9.26. The smallest absolute Gasteiger partial charge is 0.323 e. The van der Waals surface area contributed by atoms with E-state index in [1.54, 1.807) is 4.90 Å². The van der Waals surface area contributed by atoms with Crippen LogP contribution in [0.5, 0.6) is 0 Å². The van der Waals surface area contributed by atoms with Gasteiger partial charge in [-0.1, -0.05) is 53.5 Å². The van der Waals surface area contributed by atoms with Crippen molar-refractivity contribution >= 4 is 5.97 Å². The monoisotopic (exact) mass is 396 g/mol. The highest BCUT2D eigenvalue weighted by molar-refractivity contribution is 5.76. The molecule has 0 amide bonds. The second-order valence-electron chi connectivity index (χ2n) is 7.13. The molecular formula is C22H28N4O3. The molecule has 0 aliphatic heterocycles. The Bertz CT molecular complexity index is 764. The number of carbonyl (C=O) groups is 1. The van der Waals surface area contributed by atoms with E-state index in [9.17, 15) is 9.90 Å². The number of esters is 1. The van der Waals surface area contributed by atoms with Crippen LogP contribution in [0.1, 0.15) is 24.8 Å². The molecule has 3 atom stereocenters. The van der Waals surface area contributed by atoms with Crippen LogP contribution in [0, 0.1) is 18.3 Å². The van der Waals surface area contributed by atoms with Crippen molar-refractivity contribution in [2.75, 3.05) is 20.2 Å². The van der Waals surface area contributed by atoms with Crippen molar-refractivity contribution in [2.45, 2.75) is 43.9 Å². The standard InChI is InChI=1S/C22H28N4O3/c1-3-15-26(20(22(28)29-2)16-18-7-5-4-6-8-18)19(12-11-17-9-10-17)21(27)13-14-24-25-23/h1,4-8,11-12,17,19-21,27H,9-10,13-16H2,2H3/b12-11+/t19-,20+,21+/m1/s1. The van der Waals surface area contributed by atoms with Gasteiger partial charge in [0.1, 0.15) is 6.04 Å². The highest BCUT2D eigenvalue weighted by Crippen LogP contribution is 2.31. The second kappa shape index (κ2) is 11.9. The van der Waals surface area contributed by atoms with E-state index in [-0.39, 0.29) is 19.5 Å². The highest BCUT2D eigenvalue weighted by atomic mass is 16.5. The number of ether oxygens (including phenoxy) is 1. The summed E-state index contributed by atoms with van der Waals surface area (Å²) in [6.45, 7) is 0.335. The number of nitrogens with zero attached hydrogens (tertiary/aromatic N) is 4. The minimum atomic E-state index is -0.841. The number of hydrogen-bond acceptors (Lipinski definition) is 5. The summed E-state index contributed by atoms with van der Waals surface area (Å²) in [7, 11) is 1.35. The van der Waals surface area contributed by atoms with E-state index in [1.165, 1.54) is 7.11 Å². The number of aliphatic hydroxyl groups is 1. The molecule has 0 saturated heterocycles. The predicted octanol–water partition coefficient (Wildman–Crippen LogP) is 3.10. The summed E-state index contributed by atoms with van der Waals surface area (Å²) in [6.07, 6.45) is 11.7. The summed E-state index contributed by atoms with van der Waals surface area (Å²) in [4.78, 5) is 17.2. The van der Waals surface area contributed by atoms with E-state index in [4.69, 9.17) is 16.7 Å². The minimum Gasteiger partial charge on any atom is -0.468 e. The highest BCUT2D eigenvalue weighted by Gasteiger charge is 2.34. The van der Waals surface area contributed by atoms with Gasteiger partial charge in [-0.25, -0.2) is 0 Å². The molecule has 7 heteroatoms. The number of azide groups is 1. The third-order valence-electron chi connectivity index (χ3n) is 4.99. The number of allylic oxidation sites excluding steroid dienone is 1. The Balaban J connectivity index is 2.32. The molecular weight excluding hydrogens is 368 g/mol. The van der Waals surface area contributed by atoms with Crippen LogP contribution in [0.3, 0.4) is 0 Å². The van der Waals surface area contributed by atoms with E-state index in [0.29, 0.717) is 12.3 Å². The Morgan fingerprint density at radius 2 is 2.21 bits per heavy atom. The normalized spacial score (nSPS) is 16.6. The third kappa shape index (κ3) is 7.28. The average Bonchev–Trinajstić information content (AvgIpc) is 3.56. The van der Waals surface area contributed by atoms with Crippen molar-refractivity contribution in [3.63, 3.8) is 0 Å². The van der Waals surface area contributed by atoms with Crippen LogP contribution >= 0.6 is 0 Å². The van der Waals surface area contributed by atoms with Gasteiger partial charge in [-0.3, -0.25) is 9.69 Å². The molecule has 1 aliphatic rings. The molecule has 1 aliphatic carbocycles. The predicted molar refractivity (Wildman–Crippen MR) is 112 cm³/mol. The molecule has 1 aromatic carbocycles. The lowest BCUT2D eigenvalue weighted by molar-refractivity contribution is -0.148. The van der Waals surface area contributed by atoms with Crippen LogP contribution in [0.2, 0.25) is 0 Å². The van der Waals surface area contributed by atoms with Gasteiger partial charge in [-0.2, -0.15) is 0 Å². The van der Waals surface area contributed by atoms with Crippen LogP contribution in [-0.2, 0) is 16.0 Å². The first-order valence-electron chi connectivity index (χ1n) is 9.79. The first-order valence-corrected chi connectivity index (χ1v) is 9.79. The average molecular weight is 396 g/mol. The first-order chi connectivity index (χ1) is 14.1. The fourth-order valence-corrected chi connectivity index (χ4v) is 3.26. The van der Waals surface area contributed by atoms with Crippen molar-refractivity contribution in [1.29, 1.82) is 0 Å². The zero-order chi connectivity index (χ0) is 21.1. The topological polar surface area (TPSA) is 98.5 Å². The molecule has 0 bridgehead atoms. The maximum absolute atomic E-state index is 12.7. The Hall–Kier alpha value is -2.78. The van der Waals surface area contributed by atoms with Gasteiger partial charge in [-0.15, -0.1) is 6.42 Å². The lowest BCUT2D eigenvalue weighted by Gasteiger charge is -2.36. The van der Waals surface area contributed by atoms with Crippen LogP contribution < -0.4 is 0 Å². The number of benzene rings is 1. The fraction of sp³-hybridized carbons (Fsp3) is 0.500. The van der Waals surface area contributed by atoms with Gasteiger partial charge in [0.2, 0.25) is 0 Å². The minimum absolute atomic E-state index is 0.164. The molecule has 0 spiro atoms. The van der Waals surface area contributed by atoms with Gasteiger partial charge in [-0.05, 0) is 42.7 Å². The number of methoxy groups -OCH3 is 1. The largest absolute Gasteiger partial charge is 0.468 e. The second-order valence-corrected chi connectivity index (χ2v) is 7.13. The molecule has 1 saturated carbocycles. The molecule has 154 valence electrons. The zero-order valence-corrected chi connectivity index (χ0v) is 16.7. The first kappa shape index (κ1) is 22.5. The third-order valence-corrected chi connectivity index (χ3v) is 4.99. The summed E-state index contributed by atoms with van der Waals surface area (Å²) in [6, 6.07) is 8.47. The number of carbonyl (C=O) groups excluding carboxylic acids is 1. The van der Waals surface area contributed by atoms with Crippen LogP contribution in [0.4, 0.5) is 0 Å². The molecule has 0 heterocycles. The van der Waals surface area contributed by atoms with Crippen molar-refractivity contribution < 1.29 is 14.6 Å². The molecule has 0 aromatic heterocycles. The number of rotatable bonds is 12. The summed E-state index contributed by atoms with van der Waals surface area (Å²) >= 11 is 0. The molecule has 29 heavy (non-hydrogen) atoms. The van der Waals surface area contributed by atoms with E-state index in [2.05, 4.69) is 22.0 Å². The Morgan fingerprint density at radius 3 is 2.79 bits per heavy atom. The Morgan fingerprint density at radius 1 is 1.48 bits per heavy atom. The maximum Gasteiger partial charge on any atom is 0.323 e. The van der Waals surface area contributed by atoms with Crippen molar-refractivity contribution in [3.8, 4) is 12.3 Å². The molecule has 1 N–H and O–H groups in total. The van der Waals surface area contributed by atoms with Crippen LogP contribution in [0.25, 0.3) is 10.4 Å². The van der Waals surface area contributed by atoms with Gasteiger partial charge in [0.25, 0.3) is 0 Å². The van der Waals surface area contributed by atoms with Gasteiger partial charge in [0.05, 0.1) is 25.8 Å². The lowest BCUT2D eigenvalue weighted by Crippen LogP contribution is -2.53. The van der Waals surface area contributed by atoms with Gasteiger partial charge >= 0.3 is 5.97 Å². The van der Waals surface area contributed by atoms with Crippen molar-refractivity contribution in [2.24, 2.45) is 11.0 Å². The van der Waals surface area contributed by atoms with E-state index in [0.717, 1.165) is 18.4 Å². The number of hydrogen-bond donors (Lipinski definition) is 1. The van der Waals surface area contributed by atoms with E-state index < -0.39 is 24.2 Å². The summed E-state index contributed by atoms with van der Waals surface area (Å²) in [5.74, 6) is 2.70. The van der Waals surface area contributed by atoms with Crippen molar-refractivity contribution in [3.05, 3.63) is 58.5 Å². The van der Waals surface area contributed by atoms with Crippen molar-refractivity contribution in [1.82, 2.24) is 4.90 Å². The number of terminal acetylenes is 1. The fourth-order valence-electron chi connectivity index (χ4n) is 3.26. The maximum atomic E-state index is 12.7. The van der Waals surface area contributed by atoms with E-state index in [1.807, 2.05) is 36.4 Å². The molecule has 1 aromatic rings. The molecule has 1 fully saturated rings. The van der Waals surface area contributed by atoms with E-state index >= 15 is 0 Å². The van der Waals surface area contributed by atoms with Gasteiger partial charge in [0.15, 0.2) is 0 Å². The van der Waals surface area contributed by atoms with Gasteiger partial charge in [0, 0.05) is 11.5 Å². The molecule has 0 unspecified atom stereocenters. The van der Waals surface area contributed by atoms with Crippen LogP contribution in [0.15, 0.2) is 47.6 Å². The quantitative estimate of drug-likeness (QED) is 0.147. The summed E-state index contributed by atoms with van der Waals surface area (Å²) < 4.78 is 5.06. The Labute approximate surface area is 172 Å². The molecule has 0 radical (unpaired) electrons. The zero-order valence-electron chi connectivity index (χ0n) is 16.7. The molecule has 7 nitrogen and oxygen atoms in total. The molecule has 2 rings (SSSR count).